The minimum atomic E-state index is 0.0930. The molecular formula is C24H28ClN5OS. The maximum absolute atomic E-state index is 12.9. The highest BCUT2D eigenvalue weighted by Crippen LogP contribution is 2.26. The Balaban J connectivity index is 1.40. The standard InChI is InChI=1S/C24H28ClN5OS/c1-17(2)18-8-10-19(11-9-18)23(31)29-14-12-28(13-15-29)16-30-24(32)27(3)22(26-30)20-6-4-5-7-21(20)25/h4-11,17H,12-16H2,1-3H3. The number of nitrogens with zero attached hydrogens (tertiary/aromatic N) is 5. The highest BCUT2D eigenvalue weighted by molar-refractivity contribution is 7.71. The second-order valence-corrected chi connectivity index (χ2v) is 9.25. The molecule has 168 valence electrons. The molecule has 1 amide bonds. The Kier molecular flexibility index (Phi) is 6.79. The van der Waals surface area contributed by atoms with Gasteiger partial charge in [0, 0.05) is 44.4 Å². The third-order valence-electron chi connectivity index (χ3n) is 5.97. The van der Waals surface area contributed by atoms with Gasteiger partial charge < -0.3 is 9.47 Å². The summed E-state index contributed by atoms with van der Waals surface area (Å²) in [6.45, 7) is 7.81. The van der Waals surface area contributed by atoms with Crippen molar-refractivity contribution in [1.82, 2.24) is 24.1 Å². The molecule has 8 heteroatoms. The number of halogens is 1. The first-order valence-corrected chi connectivity index (χ1v) is 11.6. The molecule has 0 saturated carbocycles. The van der Waals surface area contributed by atoms with Gasteiger partial charge in [0.1, 0.15) is 0 Å². The van der Waals surface area contributed by atoms with Crippen molar-refractivity contribution in [1.29, 1.82) is 0 Å². The fourth-order valence-electron chi connectivity index (χ4n) is 3.93. The number of hydrogen-bond donors (Lipinski definition) is 0. The van der Waals surface area contributed by atoms with Crippen LogP contribution in [0.4, 0.5) is 0 Å². The predicted octanol–water partition coefficient (Wildman–Crippen LogP) is 4.81. The maximum Gasteiger partial charge on any atom is 0.253 e. The first-order valence-electron chi connectivity index (χ1n) is 10.9. The second-order valence-electron chi connectivity index (χ2n) is 8.47. The van der Waals surface area contributed by atoms with E-state index in [2.05, 4.69) is 18.7 Å². The van der Waals surface area contributed by atoms with Crippen LogP contribution in [0.5, 0.6) is 0 Å². The van der Waals surface area contributed by atoms with E-state index in [1.165, 1.54) is 5.56 Å². The zero-order chi connectivity index (χ0) is 22.8. The predicted molar refractivity (Wildman–Crippen MR) is 130 cm³/mol. The summed E-state index contributed by atoms with van der Waals surface area (Å²) in [6, 6.07) is 15.6. The van der Waals surface area contributed by atoms with Crippen molar-refractivity contribution in [3.8, 4) is 11.4 Å². The fraction of sp³-hybridized carbons (Fsp3) is 0.375. The summed E-state index contributed by atoms with van der Waals surface area (Å²) < 4.78 is 4.36. The van der Waals surface area contributed by atoms with E-state index in [4.69, 9.17) is 28.9 Å². The molecule has 1 aliphatic rings. The normalized spacial score (nSPS) is 14.8. The van der Waals surface area contributed by atoms with Crippen LogP contribution >= 0.6 is 23.8 Å². The summed E-state index contributed by atoms with van der Waals surface area (Å²) in [5.74, 6) is 1.30. The first kappa shape index (κ1) is 22.7. The van der Waals surface area contributed by atoms with Gasteiger partial charge in [-0.3, -0.25) is 9.69 Å². The average molecular weight is 470 g/mol. The first-order chi connectivity index (χ1) is 15.3. The van der Waals surface area contributed by atoms with Crippen molar-refractivity contribution in [3.63, 3.8) is 0 Å². The number of amides is 1. The summed E-state index contributed by atoms with van der Waals surface area (Å²) in [7, 11) is 1.91. The highest BCUT2D eigenvalue weighted by Gasteiger charge is 2.23. The Morgan fingerprint density at radius 1 is 1.06 bits per heavy atom. The second kappa shape index (κ2) is 9.57. The zero-order valence-electron chi connectivity index (χ0n) is 18.7. The van der Waals surface area contributed by atoms with Gasteiger partial charge in [0.2, 0.25) is 0 Å². The number of piperazine rings is 1. The molecule has 32 heavy (non-hydrogen) atoms. The number of benzene rings is 2. The lowest BCUT2D eigenvalue weighted by molar-refractivity contribution is 0.0585. The van der Waals surface area contributed by atoms with Crippen LogP contribution in [-0.2, 0) is 13.7 Å². The molecule has 0 unspecified atom stereocenters. The molecule has 1 saturated heterocycles. The lowest BCUT2D eigenvalue weighted by atomic mass is 10.0. The molecule has 0 aliphatic carbocycles. The largest absolute Gasteiger partial charge is 0.336 e. The molecule has 6 nitrogen and oxygen atoms in total. The molecule has 4 rings (SSSR count). The van der Waals surface area contributed by atoms with Crippen molar-refractivity contribution in [2.75, 3.05) is 26.2 Å². The van der Waals surface area contributed by atoms with Gasteiger partial charge in [-0.25, -0.2) is 4.68 Å². The van der Waals surface area contributed by atoms with E-state index < -0.39 is 0 Å². The molecule has 3 aromatic rings. The zero-order valence-corrected chi connectivity index (χ0v) is 20.2. The Labute approximate surface area is 199 Å². The van der Waals surface area contributed by atoms with Gasteiger partial charge in [-0.1, -0.05) is 49.7 Å². The van der Waals surface area contributed by atoms with E-state index in [1.54, 1.807) is 0 Å². The van der Waals surface area contributed by atoms with Gasteiger partial charge in [-0.2, -0.15) is 5.10 Å². The summed E-state index contributed by atoms with van der Waals surface area (Å²) in [5.41, 5.74) is 2.86. The molecule has 2 aromatic carbocycles. The summed E-state index contributed by atoms with van der Waals surface area (Å²) in [5, 5.41) is 5.38. The number of carbonyl (C=O) groups excluding carboxylic acids is 1. The number of hydrogen-bond acceptors (Lipinski definition) is 4. The van der Waals surface area contributed by atoms with Crippen LogP contribution in [0.1, 0.15) is 35.7 Å². The van der Waals surface area contributed by atoms with Gasteiger partial charge in [0.15, 0.2) is 10.6 Å². The van der Waals surface area contributed by atoms with Crippen LogP contribution in [0.2, 0.25) is 5.02 Å². The van der Waals surface area contributed by atoms with Crippen LogP contribution in [0.3, 0.4) is 0 Å². The van der Waals surface area contributed by atoms with Crippen molar-refractivity contribution in [2.45, 2.75) is 26.4 Å². The third-order valence-corrected chi connectivity index (χ3v) is 6.79. The quantitative estimate of drug-likeness (QED) is 0.503. The summed E-state index contributed by atoms with van der Waals surface area (Å²) >= 11 is 12.0. The van der Waals surface area contributed by atoms with Crippen molar-refractivity contribution < 1.29 is 4.79 Å². The molecule has 1 aromatic heterocycles. The Morgan fingerprint density at radius 3 is 2.34 bits per heavy atom. The molecule has 0 bridgehead atoms. The Hall–Kier alpha value is -2.48. The monoisotopic (exact) mass is 469 g/mol. The van der Waals surface area contributed by atoms with Gasteiger partial charge in [-0.05, 0) is 48.0 Å². The molecular weight excluding hydrogens is 442 g/mol. The average Bonchev–Trinajstić information content (AvgIpc) is 3.08. The lowest BCUT2D eigenvalue weighted by Gasteiger charge is -2.34. The number of aromatic nitrogens is 3. The summed E-state index contributed by atoms with van der Waals surface area (Å²) in [4.78, 5) is 17.1. The van der Waals surface area contributed by atoms with E-state index in [-0.39, 0.29) is 5.91 Å². The van der Waals surface area contributed by atoms with Crippen molar-refractivity contribution in [3.05, 3.63) is 69.5 Å². The van der Waals surface area contributed by atoms with Gasteiger partial charge in [0.25, 0.3) is 5.91 Å². The topological polar surface area (TPSA) is 46.3 Å². The molecule has 0 radical (unpaired) electrons. The van der Waals surface area contributed by atoms with Gasteiger partial charge >= 0.3 is 0 Å². The van der Waals surface area contributed by atoms with Crippen LogP contribution in [-0.4, -0.2) is 56.2 Å². The van der Waals surface area contributed by atoms with Crippen molar-refractivity contribution >= 4 is 29.7 Å². The lowest BCUT2D eigenvalue weighted by Crippen LogP contribution is -2.49. The van der Waals surface area contributed by atoms with E-state index in [1.807, 2.05) is 69.7 Å². The smallest absolute Gasteiger partial charge is 0.253 e. The van der Waals surface area contributed by atoms with Crippen molar-refractivity contribution in [2.24, 2.45) is 7.05 Å². The van der Waals surface area contributed by atoms with Gasteiger partial charge in [-0.15, -0.1) is 0 Å². The van der Waals surface area contributed by atoms with Crippen LogP contribution in [0, 0.1) is 4.77 Å². The third kappa shape index (κ3) is 4.65. The van der Waals surface area contributed by atoms with Crippen LogP contribution in [0.15, 0.2) is 48.5 Å². The van der Waals surface area contributed by atoms with E-state index in [9.17, 15) is 4.79 Å². The van der Waals surface area contributed by atoms with E-state index in [0.29, 0.717) is 35.5 Å². The minimum Gasteiger partial charge on any atom is -0.336 e. The number of rotatable bonds is 5. The SMILES string of the molecule is CC(C)c1ccc(C(=O)N2CCN(Cn3nc(-c4ccccc4Cl)n(C)c3=S)CC2)cc1. The molecule has 1 fully saturated rings. The number of carbonyl (C=O) groups is 1. The summed E-state index contributed by atoms with van der Waals surface area (Å²) in [6.07, 6.45) is 0. The van der Waals surface area contributed by atoms with E-state index >= 15 is 0 Å². The maximum atomic E-state index is 12.9. The fourth-order valence-corrected chi connectivity index (χ4v) is 4.34. The Morgan fingerprint density at radius 2 is 1.72 bits per heavy atom. The molecule has 1 aliphatic heterocycles. The molecule has 2 heterocycles. The van der Waals surface area contributed by atoms with Crippen LogP contribution in [0.25, 0.3) is 11.4 Å². The van der Waals surface area contributed by atoms with E-state index in [0.717, 1.165) is 30.0 Å². The minimum absolute atomic E-state index is 0.0930. The molecule has 0 spiro atoms. The highest BCUT2D eigenvalue weighted by atomic mass is 35.5. The molecule has 0 atom stereocenters. The molecule has 0 N–H and O–H groups in total. The van der Waals surface area contributed by atoms with Crippen LogP contribution < -0.4 is 0 Å². The van der Waals surface area contributed by atoms with Gasteiger partial charge in [0.05, 0.1) is 11.7 Å². The Bertz CT molecular complexity index is 1160.